The van der Waals surface area contributed by atoms with Crippen LogP contribution in [0.5, 0.6) is 0 Å². The Labute approximate surface area is 118 Å². The predicted octanol–water partition coefficient (Wildman–Crippen LogP) is 1.46. The maximum atomic E-state index is 12.2. The number of nitrogens with one attached hydrogen (secondary N) is 1. The fourth-order valence-corrected chi connectivity index (χ4v) is 3.94. The molecule has 0 aromatic heterocycles. The van der Waals surface area contributed by atoms with Crippen LogP contribution in [0.25, 0.3) is 0 Å². The third-order valence-electron chi connectivity index (χ3n) is 3.84. The Morgan fingerprint density at radius 2 is 1.95 bits per heavy atom. The summed E-state index contributed by atoms with van der Waals surface area (Å²) >= 11 is 0. The van der Waals surface area contributed by atoms with Crippen molar-refractivity contribution in [3.63, 3.8) is 0 Å². The van der Waals surface area contributed by atoms with Gasteiger partial charge < -0.3 is 5.73 Å². The lowest BCUT2D eigenvalue weighted by molar-refractivity contribution is 0.274. The van der Waals surface area contributed by atoms with Gasteiger partial charge in [-0.1, -0.05) is 26.2 Å². The molecule has 0 aliphatic carbocycles. The predicted molar refractivity (Wildman–Crippen MR) is 79.0 cm³/mol. The summed E-state index contributed by atoms with van der Waals surface area (Å²) in [4.78, 5) is 0. The van der Waals surface area contributed by atoms with E-state index in [1.54, 1.807) is 4.31 Å². The highest BCUT2D eigenvalue weighted by atomic mass is 32.2. The van der Waals surface area contributed by atoms with Crippen LogP contribution < -0.4 is 10.5 Å². The molecular formula is C13H29N3O2S. The Morgan fingerprint density at radius 3 is 2.47 bits per heavy atom. The van der Waals surface area contributed by atoms with E-state index in [1.165, 1.54) is 0 Å². The van der Waals surface area contributed by atoms with Crippen LogP contribution in [-0.4, -0.2) is 38.4 Å². The van der Waals surface area contributed by atoms with Gasteiger partial charge in [0.2, 0.25) is 0 Å². The van der Waals surface area contributed by atoms with Crippen molar-refractivity contribution < 1.29 is 8.42 Å². The zero-order valence-corrected chi connectivity index (χ0v) is 13.1. The van der Waals surface area contributed by atoms with Crippen molar-refractivity contribution in [2.45, 2.75) is 58.4 Å². The van der Waals surface area contributed by atoms with E-state index in [9.17, 15) is 8.42 Å². The Bertz CT molecular complexity index is 338. The zero-order chi connectivity index (χ0) is 14.3. The largest absolute Gasteiger partial charge is 0.330 e. The average molecular weight is 291 g/mol. The van der Waals surface area contributed by atoms with E-state index in [1.807, 2.05) is 6.92 Å². The van der Waals surface area contributed by atoms with E-state index in [-0.39, 0.29) is 6.04 Å². The topological polar surface area (TPSA) is 75.4 Å². The van der Waals surface area contributed by atoms with E-state index in [4.69, 9.17) is 5.73 Å². The molecule has 6 heteroatoms. The Balaban J connectivity index is 2.39. The van der Waals surface area contributed by atoms with E-state index in [2.05, 4.69) is 11.6 Å². The van der Waals surface area contributed by atoms with Crippen molar-refractivity contribution in [1.29, 1.82) is 0 Å². The molecule has 0 amide bonds. The SMILES string of the molecule is CCCCCC(C)NS(=O)(=O)N1CCC(CN)CC1. The highest BCUT2D eigenvalue weighted by molar-refractivity contribution is 7.87. The van der Waals surface area contributed by atoms with Crippen molar-refractivity contribution >= 4 is 10.2 Å². The molecule has 1 rings (SSSR count). The molecule has 114 valence electrons. The minimum Gasteiger partial charge on any atom is -0.330 e. The smallest absolute Gasteiger partial charge is 0.279 e. The molecule has 0 aromatic carbocycles. The molecule has 1 fully saturated rings. The van der Waals surface area contributed by atoms with Crippen LogP contribution in [0.4, 0.5) is 0 Å². The molecule has 0 aromatic rings. The van der Waals surface area contributed by atoms with Crippen LogP contribution >= 0.6 is 0 Å². The van der Waals surface area contributed by atoms with E-state index < -0.39 is 10.2 Å². The number of hydrogen-bond acceptors (Lipinski definition) is 3. The summed E-state index contributed by atoms with van der Waals surface area (Å²) in [6.45, 7) is 5.95. The molecule has 1 heterocycles. The number of hydrogen-bond donors (Lipinski definition) is 2. The van der Waals surface area contributed by atoms with Crippen LogP contribution in [0.3, 0.4) is 0 Å². The quantitative estimate of drug-likeness (QED) is 0.665. The molecule has 1 aliphatic rings. The Hall–Kier alpha value is -0.170. The molecule has 0 radical (unpaired) electrons. The molecule has 19 heavy (non-hydrogen) atoms. The van der Waals surface area contributed by atoms with Gasteiger partial charge in [-0.2, -0.15) is 17.4 Å². The second-order valence-electron chi connectivity index (χ2n) is 5.60. The third-order valence-corrected chi connectivity index (χ3v) is 5.58. The third kappa shape index (κ3) is 5.77. The normalized spacial score (nSPS) is 20.6. The second-order valence-corrected chi connectivity index (χ2v) is 7.30. The number of unbranched alkanes of at least 4 members (excludes halogenated alkanes) is 2. The number of nitrogens with two attached hydrogens (primary N) is 1. The van der Waals surface area contributed by atoms with Gasteiger partial charge in [0.15, 0.2) is 0 Å². The number of rotatable bonds is 8. The van der Waals surface area contributed by atoms with Gasteiger partial charge in [0.1, 0.15) is 0 Å². The Morgan fingerprint density at radius 1 is 1.32 bits per heavy atom. The van der Waals surface area contributed by atoms with Gasteiger partial charge in [-0.25, -0.2) is 0 Å². The summed E-state index contributed by atoms with van der Waals surface area (Å²) in [6.07, 6.45) is 6.06. The molecule has 0 bridgehead atoms. The van der Waals surface area contributed by atoms with Crippen LogP contribution in [0.15, 0.2) is 0 Å². The molecule has 3 N–H and O–H groups in total. The lowest BCUT2D eigenvalue weighted by Gasteiger charge is -2.31. The van der Waals surface area contributed by atoms with E-state index in [0.717, 1.165) is 38.5 Å². The molecule has 1 atom stereocenters. The van der Waals surface area contributed by atoms with Gasteiger partial charge in [-0.05, 0) is 38.6 Å². The summed E-state index contributed by atoms with van der Waals surface area (Å²) in [5, 5.41) is 0. The molecule has 1 unspecified atom stereocenters. The van der Waals surface area contributed by atoms with Crippen molar-refractivity contribution in [1.82, 2.24) is 9.03 Å². The van der Waals surface area contributed by atoms with Crippen LogP contribution in [0, 0.1) is 5.92 Å². The molecular weight excluding hydrogens is 262 g/mol. The maximum Gasteiger partial charge on any atom is 0.279 e. The summed E-state index contributed by atoms with van der Waals surface area (Å²) in [6, 6.07) is 0.0174. The van der Waals surface area contributed by atoms with Gasteiger partial charge in [0, 0.05) is 19.1 Å². The summed E-state index contributed by atoms with van der Waals surface area (Å²) < 4.78 is 28.8. The van der Waals surface area contributed by atoms with Crippen LogP contribution in [-0.2, 0) is 10.2 Å². The zero-order valence-electron chi connectivity index (χ0n) is 12.3. The van der Waals surface area contributed by atoms with Crippen LogP contribution in [0.1, 0.15) is 52.4 Å². The first-order valence-corrected chi connectivity index (χ1v) is 8.91. The standard InChI is InChI=1S/C13H29N3O2S/c1-3-4-5-6-12(2)15-19(17,18)16-9-7-13(11-14)8-10-16/h12-13,15H,3-11,14H2,1-2H3. The monoisotopic (exact) mass is 291 g/mol. The van der Waals surface area contributed by atoms with E-state index >= 15 is 0 Å². The first kappa shape index (κ1) is 16.9. The molecule has 1 saturated heterocycles. The van der Waals surface area contributed by atoms with Crippen molar-refractivity contribution in [3.8, 4) is 0 Å². The van der Waals surface area contributed by atoms with Gasteiger partial charge in [-0.15, -0.1) is 0 Å². The minimum absolute atomic E-state index is 0.0174. The first-order valence-electron chi connectivity index (χ1n) is 7.47. The molecule has 0 spiro atoms. The lowest BCUT2D eigenvalue weighted by atomic mass is 9.99. The molecule has 5 nitrogen and oxygen atoms in total. The lowest BCUT2D eigenvalue weighted by Crippen LogP contribution is -2.48. The highest BCUT2D eigenvalue weighted by Crippen LogP contribution is 2.18. The summed E-state index contributed by atoms with van der Waals surface area (Å²) in [5.74, 6) is 0.480. The van der Waals surface area contributed by atoms with Crippen LogP contribution in [0.2, 0.25) is 0 Å². The van der Waals surface area contributed by atoms with E-state index in [0.29, 0.717) is 25.6 Å². The molecule has 1 aliphatic heterocycles. The number of nitrogens with zero attached hydrogens (tertiary/aromatic N) is 1. The molecule has 0 saturated carbocycles. The van der Waals surface area contributed by atoms with Crippen molar-refractivity contribution in [2.24, 2.45) is 11.7 Å². The van der Waals surface area contributed by atoms with Gasteiger partial charge in [0.25, 0.3) is 10.2 Å². The second kappa shape index (κ2) is 8.19. The number of piperidine rings is 1. The van der Waals surface area contributed by atoms with Crippen molar-refractivity contribution in [2.75, 3.05) is 19.6 Å². The highest BCUT2D eigenvalue weighted by Gasteiger charge is 2.28. The minimum atomic E-state index is -3.31. The Kier molecular flexibility index (Phi) is 7.28. The maximum absolute atomic E-state index is 12.2. The van der Waals surface area contributed by atoms with Gasteiger partial charge in [0.05, 0.1) is 0 Å². The average Bonchev–Trinajstić information content (AvgIpc) is 2.38. The summed E-state index contributed by atoms with van der Waals surface area (Å²) in [7, 11) is -3.31. The first-order chi connectivity index (χ1) is 8.99. The van der Waals surface area contributed by atoms with Gasteiger partial charge >= 0.3 is 0 Å². The fraction of sp³-hybridized carbons (Fsp3) is 1.00. The summed E-state index contributed by atoms with van der Waals surface area (Å²) in [5.41, 5.74) is 5.62. The van der Waals surface area contributed by atoms with Gasteiger partial charge in [-0.3, -0.25) is 0 Å². The fourth-order valence-electron chi connectivity index (χ4n) is 2.47. The van der Waals surface area contributed by atoms with Crippen molar-refractivity contribution in [3.05, 3.63) is 0 Å².